The van der Waals surface area contributed by atoms with E-state index in [4.69, 9.17) is 17.3 Å². The Labute approximate surface area is 124 Å². The lowest BCUT2D eigenvalue weighted by atomic mass is 10.1. The molecule has 1 heterocycles. The maximum atomic E-state index is 11.3. The number of aryl methyl sites for hydroxylation is 1. The van der Waals surface area contributed by atoms with E-state index in [9.17, 15) is 9.59 Å². The number of aromatic amines is 1. The van der Waals surface area contributed by atoms with E-state index in [1.165, 1.54) is 16.4 Å². The maximum absolute atomic E-state index is 11.3. The zero-order valence-corrected chi connectivity index (χ0v) is 12.5. The third-order valence-corrected chi connectivity index (χ3v) is 4.18. The van der Waals surface area contributed by atoms with Gasteiger partial charge in [-0.05, 0) is 36.4 Å². The van der Waals surface area contributed by atoms with Gasteiger partial charge in [0, 0.05) is 18.0 Å². The zero-order chi connectivity index (χ0) is 14.9. The molecule has 0 saturated carbocycles. The SMILES string of the molecule is CC(N)c1ccc(Sc2nc(=O)c(=O)[nH]n2C)c(Cl)c1. The summed E-state index contributed by atoms with van der Waals surface area (Å²) >= 11 is 7.38. The van der Waals surface area contributed by atoms with E-state index >= 15 is 0 Å². The molecule has 0 amide bonds. The summed E-state index contributed by atoms with van der Waals surface area (Å²) in [7, 11) is 1.60. The van der Waals surface area contributed by atoms with Crippen LogP contribution in [-0.2, 0) is 7.05 Å². The summed E-state index contributed by atoms with van der Waals surface area (Å²) in [6.45, 7) is 1.87. The van der Waals surface area contributed by atoms with Crippen molar-refractivity contribution in [3.05, 3.63) is 49.5 Å². The minimum Gasteiger partial charge on any atom is -0.324 e. The van der Waals surface area contributed by atoms with E-state index in [1.54, 1.807) is 13.1 Å². The number of hydrogen-bond donors (Lipinski definition) is 2. The second-order valence-electron chi connectivity index (χ2n) is 4.28. The van der Waals surface area contributed by atoms with Crippen LogP contribution >= 0.6 is 23.4 Å². The molecule has 0 fully saturated rings. The van der Waals surface area contributed by atoms with Gasteiger partial charge in [0.25, 0.3) is 0 Å². The lowest BCUT2D eigenvalue weighted by Crippen LogP contribution is -2.33. The Morgan fingerprint density at radius 1 is 1.45 bits per heavy atom. The number of rotatable bonds is 3. The fourth-order valence-electron chi connectivity index (χ4n) is 1.53. The normalized spacial score (nSPS) is 12.4. The van der Waals surface area contributed by atoms with Crippen molar-refractivity contribution in [3.63, 3.8) is 0 Å². The first-order chi connectivity index (χ1) is 9.38. The molecule has 6 nitrogen and oxygen atoms in total. The molecule has 8 heteroatoms. The first-order valence-electron chi connectivity index (χ1n) is 5.78. The molecule has 1 atom stereocenters. The van der Waals surface area contributed by atoms with E-state index in [1.807, 2.05) is 19.1 Å². The van der Waals surface area contributed by atoms with Crippen molar-refractivity contribution in [2.24, 2.45) is 12.8 Å². The van der Waals surface area contributed by atoms with Gasteiger partial charge in [0.15, 0.2) is 5.16 Å². The zero-order valence-electron chi connectivity index (χ0n) is 10.9. The fraction of sp³-hybridized carbons (Fsp3) is 0.250. The predicted molar refractivity (Wildman–Crippen MR) is 78.3 cm³/mol. The van der Waals surface area contributed by atoms with E-state index in [-0.39, 0.29) is 6.04 Å². The second-order valence-corrected chi connectivity index (χ2v) is 5.70. The summed E-state index contributed by atoms with van der Waals surface area (Å²) < 4.78 is 1.38. The van der Waals surface area contributed by atoms with Gasteiger partial charge in [-0.25, -0.2) is 0 Å². The molecule has 20 heavy (non-hydrogen) atoms. The highest BCUT2D eigenvalue weighted by Gasteiger charge is 2.10. The van der Waals surface area contributed by atoms with Crippen LogP contribution in [0.4, 0.5) is 0 Å². The molecule has 1 aromatic heterocycles. The number of benzene rings is 1. The molecule has 0 aliphatic heterocycles. The van der Waals surface area contributed by atoms with Gasteiger partial charge in [0.2, 0.25) is 0 Å². The van der Waals surface area contributed by atoms with Gasteiger partial charge in [-0.1, -0.05) is 17.7 Å². The highest BCUT2D eigenvalue weighted by atomic mass is 35.5. The highest BCUT2D eigenvalue weighted by molar-refractivity contribution is 7.99. The molecule has 0 aliphatic rings. The van der Waals surface area contributed by atoms with E-state index in [0.29, 0.717) is 10.2 Å². The molecular formula is C12H13ClN4O2S. The van der Waals surface area contributed by atoms with Crippen LogP contribution in [0, 0.1) is 0 Å². The molecule has 2 rings (SSSR count). The largest absolute Gasteiger partial charge is 0.339 e. The van der Waals surface area contributed by atoms with Gasteiger partial charge < -0.3 is 5.73 Å². The molecule has 1 unspecified atom stereocenters. The Hall–Kier alpha value is -1.57. The van der Waals surface area contributed by atoms with Crippen molar-refractivity contribution in [2.45, 2.75) is 23.0 Å². The van der Waals surface area contributed by atoms with Crippen LogP contribution in [0.3, 0.4) is 0 Å². The summed E-state index contributed by atoms with van der Waals surface area (Å²) in [5.41, 5.74) is 5.12. The summed E-state index contributed by atoms with van der Waals surface area (Å²) in [5.74, 6) is 0. The van der Waals surface area contributed by atoms with Gasteiger partial charge >= 0.3 is 11.1 Å². The predicted octanol–water partition coefficient (Wildman–Crippen LogP) is 1.29. The number of nitrogens with one attached hydrogen (secondary N) is 1. The van der Waals surface area contributed by atoms with Gasteiger partial charge in [-0.2, -0.15) is 4.98 Å². The summed E-state index contributed by atoms with van der Waals surface area (Å²) in [4.78, 5) is 26.8. The van der Waals surface area contributed by atoms with E-state index < -0.39 is 11.1 Å². The Balaban J connectivity index is 2.38. The number of nitrogens with two attached hydrogens (primary N) is 1. The monoisotopic (exact) mass is 312 g/mol. The smallest absolute Gasteiger partial charge is 0.324 e. The molecule has 0 bridgehead atoms. The van der Waals surface area contributed by atoms with Gasteiger partial charge in [-0.3, -0.25) is 19.4 Å². The van der Waals surface area contributed by atoms with Crippen molar-refractivity contribution in [1.29, 1.82) is 0 Å². The van der Waals surface area contributed by atoms with Crippen molar-refractivity contribution in [2.75, 3.05) is 0 Å². The van der Waals surface area contributed by atoms with Gasteiger partial charge in [0.1, 0.15) is 0 Å². The number of H-pyrrole nitrogens is 1. The maximum Gasteiger partial charge on any atom is 0.339 e. The Kier molecular flexibility index (Phi) is 4.32. The Morgan fingerprint density at radius 2 is 2.15 bits per heavy atom. The van der Waals surface area contributed by atoms with Gasteiger partial charge in [-0.15, -0.1) is 0 Å². The van der Waals surface area contributed by atoms with Crippen molar-refractivity contribution in [3.8, 4) is 0 Å². The van der Waals surface area contributed by atoms with Crippen LogP contribution in [0.2, 0.25) is 5.02 Å². The van der Waals surface area contributed by atoms with Crippen molar-refractivity contribution in [1.82, 2.24) is 14.8 Å². The molecule has 0 radical (unpaired) electrons. The number of nitrogens with zero attached hydrogens (tertiary/aromatic N) is 2. The summed E-state index contributed by atoms with van der Waals surface area (Å²) in [6.07, 6.45) is 0. The Bertz CT molecular complexity index is 754. The topological polar surface area (TPSA) is 93.8 Å². The molecule has 3 N–H and O–H groups in total. The first kappa shape index (κ1) is 14.8. The summed E-state index contributed by atoms with van der Waals surface area (Å²) in [5, 5.41) is 3.25. The van der Waals surface area contributed by atoms with E-state index in [2.05, 4.69) is 10.1 Å². The van der Waals surface area contributed by atoms with Crippen LogP contribution in [-0.4, -0.2) is 14.8 Å². The van der Waals surface area contributed by atoms with Crippen LogP contribution < -0.4 is 16.9 Å². The minimum absolute atomic E-state index is 0.109. The molecule has 0 spiro atoms. The van der Waals surface area contributed by atoms with Crippen LogP contribution in [0.5, 0.6) is 0 Å². The molecule has 1 aromatic carbocycles. The molecule has 2 aromatic rings. The van der Waals surface area contributed by atoms with Crippen molar-refractivity contribution < 1.29 is 0 Å². The van der Waals surface area contributed by atoms with Crippen molar-refractivity contribution >= 4 is 23.4 Å². The standard InChI is InChI=1S/C12H13ClN4O2S/c1-6(14)7-3-4-9(8(13)5-7)20-12-15-10(18)11(19)16-17(12)2/h3-6H,14H2,1-2H3,(H,16,19). The lowest BCUT2D eigenvalue weighted by molar-refractivity contribution is 0.596. The third kappa shape index (κ3) is 3.12. The highest BCUT2D eigenvalue weighted by Crippen LogP contribution is 2.32. The molecule has 106 valence electrons. The molecule has 0 aliphatic carbocycles. The minimum atomic E-state index is -0.825. The quantitative estimate of drug-likeness (QED) is 0.833. The number of hydrogen-bond acceptors (Lipinski definition) is 5. The number of aromatic nitrogens is 3. The average molecular weight is 313 g/mol. The molecule has 0 saturated heterocycles. The van der Waals surface area contributed by atoms with Crippen LogP contribution in [0.15, 0.2) is 37.8 Å². The Morgan fingerprint density at radius 3 is 2.75 bits per heavy atom. The van der Waals surface area contributed by atoms with Gasteiger partial charge in [0.05, 0.1) is 5.02 Å². The van der Waals surface area contributed by atoms with Crippen LogP contribution in [0.25, 0.3) is 0 Å². The fourth-order valence-corrected chi connectivity index (χ4v) is 2.64. The number of halogens is 1. The lowest BCUT2D eigenvalue weighted by Gasteiger charge is -2.10. The second kappa shape index (κ2) is 5.82. The van der Waals surface area contributed by atoms with E-state index in [0.717, 1.165) is 10.5 Å². The third-order valence-electron chi connectivity index (χ3n) is 2.63. The molecular weight excluding hydrogens is 300 g/mol. The summed E-state index contributed by atoms with van der Waals surface area (Å²) in [6, 6.07) is 5.34. The first-order valence-corrected chi connectivity index (χ1v) is 6.98. The van der Waals surface area contributed by atoms with Crippen LogP contribution in [0.1, 0.15) is 18.5 Å². The average Bonchev–Trinajstić information content (AvgIpc) is 2.37.